The van der Waals surface area contributed by atoms with Gasteiger partial charge in [0.2, 0.25) is 0 Å². The van der Waals surface area contributed by atoms with E-state index in [1.807, 2.05) is 0 Å². The summed E-state index contributed by atoms with van der Waals surface area (Å²) < 4.78 is 5.83. The molecule has 1 heterocycles. The van der Waals surface area contributed by atoms with Gasteiger partial charge in [-0.15, -0.1) is 11.3 Å². The van der Waals surface area contributed by atoms with Crippen LogP contribution in [-0.2, 0) is 13.8 Å². The molecule has 0 fully saturated rings. The van der Waals surface area contributed by atoms with E-state index in [1.54, 1.807) is 0 Å². The molecule has 2 aromatic rings. The molecule has 1 aromatic carbocycles. The van der Waals surface area contributed by atoms with Crippen LogP contribution < -0.4 is 0 Å². The molecule has 1 N–H and O–H groups in total. The Morgan fingerprint density at radius 3 is 2.86 bits per heavy atom. The number of nitro benzene ring substituents is 1. The first-order valence-corrected chi connectivity index (χ1v) is 7.15. The lowest BCUT2D eigenvalue weighted by Gasteiger charge is -1.97. The van der Waals surface area contributed by atoms with Crippen LogP contribution in [0.3, 0.4) is 0 Å². The van der Waals surface area contributed by atoms with Gasteiger partial charge in [-0.3, -0.25) is 19.7 Å². The number of carbonyl (C=O) groups is 2. The van der Waals surface area contributed by atoms with E-state index in [0.29, 0.717) is 26.6 Å². The van der Waals surface area contributed by atoms with Crippen molar-refractivity contribution >= 4 is 51.2 Å². The molecule has 0 atom stereocenters. The maximum absolute atomic E-state index is 11.3. The van der Waals surface area contributed by atoms with E-state index in [-0.39, 0.29) is 18.5 Å². The van der Waals surface area contributed by atoms with Gasteiger partial charge in [0.1, 0.15) is 12.0 Å². The number of aromatic nitrogens is 1. The predicted molar refractivity (Wildman–Crippen MR) is 75.1 cm³/mol. The number of benzene rings is 1. The lowest BCUT2D eigenvalue weighted by atomic mass is 10.3. The molecule has 0 bridgehead atoms. The molecule has 0 aliphatic rings. The second-order valence-electron chi connectivity index (χ2n) is 3.82. The van der Waals surface area contributed by atoms with Crippen molar-refractivity contribution in [3.63, 3.8) is 0 Å². The van der Waals surface area contributed by atoms with E-state index in [9.17, 15) is 19.7 Å². The zero-order valence-corrected chi connectivity index (χ0v) is 12.0. The number of fused-ring (bicyclic) bond motifs is 1. The second kappa shape index (κ2) is 6.50. The van der Waals surface area contributed by atoms with Gasteiger partial charge in [0.15, 0.2) is 4.34 Å². The largest absolute Gasteiger partial charge is 0.481 e. The summed E-state index contributed by atoms with van der Waals surface area (Å²) in [4.78, 5) is 35.9. The smallest absolute Gasteiger partial charge is 0.318 e. The van der Waals surface area contributed by atoms with Crippen LogP contribution in [-0.4, -0.2) is 27.0 Å². The number of nitrogens with zero attached hydrogens (tertiary/aromatic N) is 2. The number of thiazole rings is 1. The van der Waals surface area contributed by atoms with Crippen molar-refractivity contribution in [1.82, 2.24) is 4.98 Å². The van der Waals surface area contributed by atoms with Crippen molar-refractivity contribution in [2.45, 2.75) is 17.2 Å². The Kier molecular flexibility index (Phi) is 4.70. The van der Waals surface area contributed by atoms with E-state index >= 15 is 0 Å². The Balaban J connectivity index is 2.01. The highest BCUT2D eigenvalue weighted by atomic mass is 32.2. The van der Waals surface area contributed by atoms with Crippen molar-refractivity contribution < 1.29 is 23.8 Å². The maximum atomic E-state index is 11.3. The fourth-order valence-electron chi connectivity index (χ4n) is 1.37. The van der Waals surface area contributed by atoms with Gasteiger partial charge >= 0.3 is 11.9 Å². The molecule has 0 unspecified atom stereocenters. The highest BCUT2D eigenvalue weighted by Crippen LogP contribution is 2.32. The van der Waals surface area contributed by atoms with Crippen LogP contribution >= 0.6 is 23.4 Å². The van der Waals surface area contributed by atoms with E-state index in [1.165, 1.54) is 18.2 Å². The molecule has 0 aliphatic carbocycles. The van der Waals surface area contributed by atoms with E-state index < -0.39 is 16.9 Å². The Morgan fingerprint density at radius 2 is 2.19 bits per heavy atom. The summed E-state index contributed by atoms with van der Waals surface area (Å²) in [5.41, 5.74) is 0.524. The first-order valence-electron chi connectivity index (χ1n) is 5.60. The quantitative estimate of drug-likeness (QED) is 0.488. The van der Waals surface area contributed by atoms with Gasteiger partial charge in [-0.2, -0.15) is 0 Å². The molecular formula is C11H8N2O6S2. The van der Waals surface area contributed by atoms with E-state index in [4.69, 9.17) is 9.29 Å². The van der Waals surface area contributed by atoms with Gasteiger partial charge in [0, 0.05) is 12.1 Å². The standard InChI is InChI=1S/C11H8N2O6S2/c14-9(15)3-4-10(16)19-21-11-12-7-2-1-6(13(17)18)5-8(7)20-11/h1-2,5H,3-4H2,(H,14,15). The number of hydrogen-bond donors (Lipinski definition) is 1. The number of carboxylic acids is 1. The SMILES string of the molecule is O=C(O)CCC(=O)OSc1nc2ccc([N+](=O)[O-])cc2s1. The van der Waals surface area contributed by atoms with Crippen LogP contribution in [0.15, 0.2) is 22.5 Å². The molecule has 110 valence electrons. The van der Waals surface area contributed by atoms with Crippen LogP contribution in [0.5, 0.6) is 0 Å². The topological polar surface area (TPSA) is 120 Å². The van der Waals surface area contributed by atoms with Crippen LogP contribution in [0, 0.1) is 10.1 Å². The van der Waals surface area contributed by atoms with Crippen molar-refractivity contribution in [2.75, 3.05) is 0 Å². The van der Waals surface area contributed by atoms with Crippen LogP contribution in [0.25, 0.3) is 10.2 Å². The number of hydrogen-bond acceptors (Lipinski definition) is 8. The lowest BCUT2D eigenvalue weighted by Crippen LogP contribution is -2.03. The van der Waals surface area contributed by atoms with Crippen LogP contribution in [0.2, 0.25) is 0 Å². The summed E-state index contributed by atoms with van der Waals surface area (Å²) in [6.45, 7) is 0. The zero-order valence-electron chi connectivity index (χ0n) is 10.3. The fourth-order valence-corrected chi connectivity index (χ4v) is 2.99. The molecule has 2 rings (SSSR count). The zero-order chi connectivity index (χ0) is 15.4. The van der Waals surface area contributed by atoms with Gasteiger partial charge in [0.25, 0.3) is 5.69 Å². The highest BCUT2D eigenvalue weighted by molar-refractivity contribution is 7.97. The number of rotatable bonds is 6. The van der Waals surface area contributed by atoms with Gasteiger partial charge in [-0.1, -0.05) is 0 Å². The number of aliphatic carboxylic acids is 1. The third-order valence-corrected chi connectivity index (χ3v) is 4.08. The van der Waals surface area contributed by atoms with Crippen molar-refractivity contribution in [2.24, 2.45) is 0 Å². The van der Waals surface area contributed by atoms with Gasteiger partial charge < -0.3 is 9.29 Å². The van der Waals surface area contributed by atoms with Crippen LogP contribution in [0.4, 0.5) is 5.69 Å². The molecular weight excluding hydrogens is 320 g/mol. The minimum Gasteiger partial charge on any atom is -0.481 e. The molecule has 0 aliphatic heterocycles. The molecule has 21 heavy (non-hydrogen) atoms. The Morgan fingerprint density at radius 1 is 1.43 bits per heavy atom. The number of carboxylic acid groups (broad SMARTS) is 1. The lowest BCUT2D eigenvalue weighted by molar-refractivity contribution is -0.384. The third-order valence-electron chi connectivity index (χ3n) is 2.31. The van der Waals surface area contributed by atoms with Gasteiger partial charge in [0.05, 0.1) is 28.0 Å². The first kappa shape index (κ1) is 15.2. The third kappa shape index (κ3) is 4.13. The van der Waals surface area contributed by atoms with Crippen LogP contribution in [0.1, 0.15) is 12.8 Å². The number of carbonyl (C=O) groups excluding carboxylic acids is 1. The maximum Gasteiger partial charge on any atom is 0.318 e. The average molecular weight is 328 g/mol. The monoisotopic (exact) mass is 328 g/mol. The van der Waals surface area contributed by atoms with Crippen molar-refractivity contribution in [3.05, 3.63) is 28.3 Å². The molecule has 0 spiro atoms. The van der Waals surface area contributed by atoms with E-state index in [0.717, 1.165) is 11.3 Å². The molecule has 8 nitrogen and oxygen atoms in total. The molecule has 0 saturated heterocycles. The summed E-state index contributed by atoms with van der Waals surface area (Å²) in [7, 11) is 0. The minimum atomic E-state index is -1.08. The normalized spacial score (nSPS) is 10.5. The molecule has 0 amide bonds. The molecule has 10 heteroatoms. The first-order chi connectivity index (χ1) is 9.95. The Bertz CT molecular complexity index is 714. The summed E-state index contributed by atoms with van der Waals surface area (Å²) in [6, 6.07) is 4.25. The van der Waals surface area contributed by atoms with Crippen molar-refractivity contribution in [3.8, 4) is 0 Å². The number of non-ortho nitro benzene ring substituents is 1. The molecule has 0 radical (unpaired) electrons. The summed E-state index contributed by atoms with van der Waals surface area (Å²) in [5, 5.41) is 19.1. The van der Waals surface area contributed by atoms with Crippen molar-refractivity contribution in [1.29, 1.82) is 0 Å². The second-order valence-corrected chi connectivity index (χ2v) is 5.83. The molecule has 0 saturated carbocycles. The summed E-state index contributed by atoms with van der Waals surface area (Å²) in [6.07, 6.45) is -0.524. The van der Waals surface area contributed by atoms with Gasteiger partial charge in [-0.25, -0.2) is 4.98 Å². The number of nitro groups is 1. The van der Waals surface area contributed by atoms with E-state index in [2.05, 4.69) is 4.98 Å². The average Bonchev–Trinajstić information content (AvgIpc) is 2.84. The van der Waals surface area contributed by atoms with Gasteiger partial charge in [-0.05, 0) is 6.07 Å². The Hall–Kier alpha value is -2.20. The predicted octanol–water partition coefficient (Wildman–Crippen LogP) is 2.62. The fraction of sp³-hybridized carbons (Fsp3) is 0.182. The minimum absolute atomic E-state index is 0.0406. The highest BCUT2D eigenvalue weighted by Gasteiger charge is 2.13. The molecule has 1 aromatic heterocycles. The summed E-state index contributed by atoms with van der Waals surface area (Å²) in [5.74, 6) is -1.74. The summed E-state index contributed by atoms with van der Waals surface area (Å²) >= 11 is 1.86. The Labute approximate surface area is 126 Å².